The average molecular weight is 275 g/mol. The van der Waals surface area contributed by atoms with Gasteiger partial charge in [-0.1, -0.05) is 43.5 Å². The highest BCUT2D eigenvalue weighted by Crippen LogP contribution is 2.25. The van der Waals surface area contributed by atoms with E-state index < -0.39 is 6.04 Å². The first-order chi connectivity index (χ1) is 7.95. The Morgan fingerprint density at radius 2 is 2.12 bits per heavy atom. The number of nitrogens with two attached hydrogens (primary N) is 1. The summed E-state index contributed by atoms with van der Waals surface area (Å²) in [5.41, 5.74) is 6.31. The van der Waals surface area contributed by atoms with E-state index in [0.29, 0.717) is 15.7 Å². The van der Waals surface area contributed by atoms with Crippen LogP contribution in [0.5, 0.6) is 0 Å². The molecule has 3 N–H and O–H groups in total. The van der Waals surface area contributed by atoms with Crippen LogP contribution in [-0.4, -0.2) is 11.9 Å². The Kier molecular flexibility index (Phi) is 5.25. The molecule has 0 radical (unpaired) electrons. The third-order valence-corrected chi connectivity index (χ3v) is 3.31. The van der Waals surface area contributed by atoms with Crippen molar-refractivity contribution in [1.82, 2.24) is 0 Å². The summed E-state index contributed by atoms with van der Waals surface area (Å²) in [4.78, 5) is 11.8. The van der Waals surface area contributed by atoms with Gasteiger partial charge < -0.3 is 11.1 Å². The normalized spacial score (nSPS) is 14.2. The third kappa shape index (κ3) is 3.87. The molecule has 0 fully saturated rings. The van der Waals surface area contributed by atoms with E-state index in [9.17, 15) is 4.79 Å². The zero-order valence-electron chi connectivity index (χ0n) is 9.84. The molecule has 0 bridgehead atoms. The second-order valence-corrected chi connectivity index (χ2v) is 4.87. The number of amides is 1. The summed E-state index contributed by atoms with van der Waals surface area (Å²) in [5, 5.41) is 3.64. The number of nitrogens with one attached hydrogen (secondary N) is 1. The maximum Gasteiger partial charge on any atom is 0.241 e. The van der Waals surface area contributed by atoms with Crippen LogP contribution in [0.15, 0.2) is 18.2 Å². The van der Waals surface area contributed by atoms with E-state index in [1.165, 1.54) is 0 Å². The minimum absolute atomic E-state index is 0.118. The Labute approximate surface area is 111 Å². The number of hydrogen-bond donors (Lipinski definition) is 2. The molecule has 0 aliphatic heterocycles. The number of benzene rings is 1. The van der Waals surface area contributed by atoms with Crippen molar-refractivity contribution in [3.05, 3.63) is 28.2 Å². The first kappa shape index (κ1) is 14.3. The molecular formula is C12H16Cl2N2O. The van der Waals surface area contributed by atoms with E-state index in [2.05, 4.69) is 5.32 Å². The van der Waals surface area contributed by atoms with Crippen molar-refractivity contribution in [3.8, 4) is 0 Å². The molecule has 0 heterocycles. The van der Waals surface area contributed by atoms with E-state index in [1.807, 2.05) is 13.8 Å². The predicted octanol–water partition coefficient (Wildman–Crippen LogP) is 3.31. The van der Waals surface area contributed by atoms with Crippen molar-refractivity contribution < 1.29 is 4.79 Å². The summed E-state index contributed by atoms with van der Waals surface area (Å²) in [7, 11) is 0. The summed E-state index contributed by atoms with van der Waals surface area (Å²) >= 11 is 11.8. The molecule has 1 amide bonds. The van der Waals surface area contributed by atoms with Gasteiger partial charge in [-0.25, -0.2) is 0 Å². The summed E-state index contributed by atoms with van der Waals surface area (Å²) in [6, 6.07) is 4.35. The van der Waals surface area contributed by atoms with Crippen LogP contribution in [0.3, 0.4) is 0 Å². The van der Waals surface area contributed by atoms with E-state index in [-0.39, 0.29) is 11.8 Å². The van der Waals surface area contributed by atoms with Crippen LogP contribution in [0.1, 0.15) is 20.3 Å². The van der Waals surface area contributed by atoms with Gasteiger partial charge in [0.15, 0.2) is 0 Å². The number of halogens is 2. The molecule has 17 heavy (non-hydrogen) atoms. The van der Waals surface area contributed by atoms with Gasteiger partial charge in [-0.3, -0.25) is 4.79 Å². The Hall–Kier alpha value is -0.770. The Morgan fingerprint density at radius 1 is 1.47 bits per heavy atom. The van der Waals surface area contributed by atoms with E-state index in [0.717, 1.165) is 6.42 Å². The fraction of sp³-hybridized carbons (Fsp3) is 0.417. The van der Waals surface area contributed by atoms with Crippen LogP contribution in [0.25, 0.3) is 0 Å². The topological polar surface area (TPSA) is 55.1 Å². The molecule has 0 saturated heterocycles. The lowest BCUT2D eigenvalue weighted by Crippen LogP contribution is -2.40. The van der Waals surface area contributed by atoms with Crippen LogP contribution >= 0.6 is 23.2 Å². The molecule has 5 heteroatoms. The quantitative estimate of drug-likeness (QED) is 0.885. The molecule has 0 saturated carbocycles. The molecule has 94 valence electrons. The molecule has 1 rings (SSSR count). The SMILES string of the molecule is CC[C@H](C)[C@H](N)C(=O)Nc1cc(Cl)ccc1Cl. The second-order valence-electron chi connectivity index (χ2n) is 4.02. The third-order valence-electron chi connectivity index (χ3n) is 2.75. The summed E-state index contributed by atoms with van der Waals surface area (Å²) in [6.07, 6.45) is 0.845. The van der Waals surface area contributed by atoms with Gasteiger partial charge in [-0.15, -0.1) is 0 Å². The Morgan fingerprint density at radius 3 is 2.71 bits per heavy atom. The van der Waals surface area contributed by atoms with Gasteiger partial charge in [-0.2, -0.15) is 0 Å². The molecule has 2 atom stereocenters. The molecule has 0 aromatic heterocycles. The van der Waals surface area contributed by atoms with Gasteiger partial charge in [0.05, 0.1) is 16.8 Å². The van der Waals surface area contributed by atoms with E-state index >= 15 is 0 Å². The maximum absolute atomic E-state index is 11.8. The molecule has 0 aliphatic carbocycles. The second kappa shape index (κ2) is 6.24. The van der Waals surface area contributed by atoms with Crippen molar-refractivity contribution in [3.63, 3.8) is 0 Å². The number of rotatable bonds is 4. The van der Waals surface area contributed by atoms with Crippen LogP contribution in [0.2, 0.25) is 10.0 Å². The highest BCUT2D eigenvalue weighted by molar-refractivity contribution is 6.35. The predicted molar refractivity (Wildman–Crippen MR) is 72.5 cm³/mol. The lowest BCUT2D eigenvalue weighted by atomic mass is 9.99. The summed E-state index contributed by atoms with van der Waals surface area (Å²) in [6.45, 7) is 3.92. The minimum Gasteiger partial charge on any atom is -0.323 e. The van der Waals surface area contributed by atoms with E-state index in [4.69, 9.17) is 28.9 Å². The highest BCUT2D eigenvalue weighted by Gasteiger charge is 2.20. The molecule has 0 spiro atoms. The number of carbonyl (C=O) groups is 1. The molecular weight excluding hydrogens is 259 g/mol. The summed E-state index contributed by atoms with van der Waals surface area (Å²) < 4.78 is 0. The van der Waals surface area contributed by atoms with E-state index in [1.54, 1.807) is 18.2 Å². The summed E-state index contributed by atoms with van der Waals surface area (Å²) in [5.74, 6) is -0.128. The van der Waals surface area contributed by atoms with Crippen molar-refractivity contribution >= 4 is 34.8 Å². The number of anilines is 1. The van der Waals surface area contributed by atoms with Crippen LogP contribution in [-0.2, 0) is 4.79 Å². The van der Waals surface area contributed by atoms with Crippen molar-refractivity contribution in [2.45, 2.75) is 26.3 Å². The van der Waals surface area contributed by atoms with Gasteiger partial charge in [-0.05, 0) is 24.1 Å². The fourth-order valence-corrected chi connectivity index (χ4v) is 1.66. The Balaban J connectivity index is 2.77. The highest BCUT2D eigenvalue weighted by atomic mass is 35.5. The first-order valence-corrected chi connectivity index (χ1v) is 6.22. The molecule has 3 nitrogen and oxygen atoms in total. The van der Waals surface area contributed by atoms with Gasteiger partial charge in [0, 0.05) is 5.02 Å². The molecule has 0 aliphatic rings. The number of carbonyl (C=O) groups excluding carboxylic acids is 1. The first-order valence-electron chi connectivity index (χ1n) is 5.47. The maximum atomic E-state index is 11.8. The van der Waals surface area contributed by atoms with Crippen LogP contribution in [0, 0.1) is 5.92 Å². The number of hydrogen-bond acceptors (Lipinski definition) is 2. The average Bonchev–Trinajstić information content (AvgIpc) is 2.31. The lowest BCUT2D eigenvalue weighted by Gasteiger charge is -2.18. The molecule has 0 unspecified atom stereocenters. The van der Waals surface area contributed by atoms with Crippen LogP contribution in [0.4, 0.5) is 5.69 Å². The van der Waals surface area contributed by atoms with Crippen molar-refractivity contribution in [2.24, 2.45) is 11.7 Å². The monoisotopic (exact) mass is 274 g/mol. The minimum atomic E-state index is -0.546. The standard InChI is InChI=1S/C12H16Cl2N2O/c1-3-7(2)11(15)12(17)16-10-6-8(13)4-5-9(10)14/h4-7,11H,3,15H2,1-2H3,(H,16,17)/t7-,11-/m0/s1. The smallest absolute Gasteiger partial charge is 0.241 e. The molecule has 1 aromatic rings. The molecule has 1 aromatic carbocycles. The van der Waals surface area contributed by atoms with Crippen LogP contribution < -0.4 is 11.1 Å². The van der Waals surface area contributed by atoms with Crippen molar-refractivity contribution in [1.29, 1.82) is 0 Å². The lowest BCUT2D eigenvalue weighted by molar-refractivity contribution is -0.118. The largest absolute Gasteiger partial charge is 0.323 e. The van der Waals surface area contributed by atoms with Gasteiger partial charge in [0.2, 0.25) is 5.91 Å². The zero-order valence-corrected chi connectivity index (χ0v) is 11.3. The zero-order chi connectivity index (χ0) is 13.0. The van der Waals surface area contributed by atoms with Gasteiger partial charge >= 0.3 is 0 Å². The fourth-order valence-electron chi connectivity index (χ4n) is 1.32. The van der Waals surface area contributed by atoms with Gasteiger partial charge in [0.25, 0.3) is 0 Å². The van der Waals surface area contributed by atoms with Crippen molar-refractivity contribution in [2.75, 3.05) is 5.32 Å². The Bertz CT molecular complexity index is 409. The van der Waals surface area contributed by atoms with Gasteiger partial charge in [0.1, 0.15) is 0 Å².